The van der Waals surface area contributed by atoms with Crippen molar-refractivity contribution in [3.05, 3.63) is 23.7 Å². The van der Waals surface area contributed by atoms with Crippen molar-refractivity contribution in [2.75, 3.05) is 19.7 Å². The molecule has 1 aliphatic rings. The number of morpholine rings is 1. The van der Waals surface area contributed by atoms with Crippen molar-refractivity contribution in [2.45, 2.75) is 19.4 Å². The normalized spacial score (nSPS) is 20.2. The van der Waals surface area contributed by atoms with Gasteiger partial charge in [0.1, 0.15) is 11.9 Å². The smallest absolute Gasteiger partial charge is 0.293 e. The number of nitrogens with zero attached hydrogens (tertiary/aromatic N) is 2. The van der Waals surface area contributed by atoms with Gasteiger partial charge in [0.05, 0.1) is 6.61 Å². The lowest BCUT2D eigenvalue weighted by atomic mass is 10.3. The fourth-order valence-electron chi connectivity index (χ4n) is 1.88. The third-order valence-electron chi connectivity index (χ3n) is 2.88. The molecule has 6 nitrogen and oxygen atoms in total. The molecule has 0 aliphatic carbocycles. The average molecular weight is 249 g/mol. The van der Waals surface area contributed by atoms with Crippen LogP contribution >= 0.6 is 0 Å². The second-order valence-corrected chi connectivity index (χ2v) is 4.14. The summed E-state index contributed by atoms with van der Waals surface area (Å²) in [6.07, 6.45) is 0.702. The summed E-state index contributed by atoms with van der Waals surface area (Å²) in [4.78, 5) is 4.32. The summed E-state index contributed by atoms with van der Waals surface area (Å²) in [7, 11) is 0. The summed E-state index contributed by atoms with van der Waals surface area (Å²) in [6.45, 7) is 4.26. The van der Waals surface area contributed by atoms with Crippen LogP contribution in [0.4, 0.5) is 0 Å². The van der Waals surface area contributed by atoms with E-state index in [4.69, 9.17) is 13.7 Å². The molecule has 1 unspecified atom stereocenters. The predicted octanol–water partition coefficient (Wildman–Crippen LogP) is 1.55. The van der Waals surface area contributed by atoms with Crippen molar-refractivity contribution in [3.63, 3.8) is 0 Å². The molecule has 0 spiro atoms. The molecule has 6 heteroatoms. The quantitative estimate of drug-likeness (QED) is 0.889. The van der Waals surface area contributed by atoms with Gasteiger partial charge in [0.15, 0.2) is 5.76 Å². The summed E-state index contributed by atoms with van der Waals surface area (Å²) in [5.41, 5.74) is 0. The molecule has 1 fully saturated rings. The molecule has 3 rings (SSSR count). The van der Waals surface area contributed by atoms with Crippen molar-refractivity contribution >= 4 is 0 Å². The lowest BCUT2D eigenvalue weighted by Gasteiger charge is -2.20. The van der Waals surface area contributed by atoms with Crippen molar-refractivity contribution < 1.29 is 13.7 Å². The third-order valence-corrected chi connectivity index (χ3v) is 2.88. The second-order valence-electron chi connectivity index (χ2n) is 4.14. The highest BCUT2D eigenvalue weighted by atomic mass is 16.5. The number of ether oxygens (including phenoxy) is 1. The van der Waals surface area contributed by atoms with Gasteiger partial charge in [-0.3, -0.25) is 0 Å². The Labute approximate surface area is 104 Å². The first-order chi connectivity index (χ1) is 8.86. The minimum Gasteiger partial charge on any atom is -0.456 e. The lowest BCUT2D eigenvalue weighted by molar-refractivity contribution is 0.0208. The van der Waals surface area contributed by atoms with Crippen LogP contribution in [0.2, 0.25) is 0 Å². The molecule has 0 bridgehead atoms. The van der Waals surface area contributed by atoms with Crippen LogP contribution in [-0.2, 0) is 11.2 Å². The van der Waals surface area contributed by atoms with Gasteiger partial charge < -0.3 is 19.0 Å². The molecule has 2 aromatic rings. The Bertz CT molecular complexity index is 514. The van der Waals surface area contributed by atoms with Gasteiger partial charge in [-0.1, -0.05) is 12.1 Å². The lowest BCUT2D eigenvalue weighted by Crippen LogP contribution is -2.33. The monoisotopic (exact) mass is 249 g/mol. The molecule has 1 atom stereocenters. The van der Waals surface area contributed by atoms with Crippen LogP contribution in [0, 0.1) is 0 Å². The minimum absolute atomic E-state index is 0.142. The zero-order chi connectivity index (χ0) is 12.4. The van der Waals surface area contributed by atoms with E-state index in [9.17, 15) is 0 Å². The number of furan rings is 1. The summed E-state index contributed by atoms with van der Waals surface area (Å²) in [5, 5.41) is 7.17. The number of hydrogen-bond acceptors (Lipinski definition) is 6. The van der Waals surface area contributed by atoms with Crippen LogP contribution in [0.5, 0.6) is 0 Å². The van der Waals surface area contributed by atoms with E-state index in [1.807, 2.05) is 19.1 Å². The van der Waals surface area contributed by atoms with Crippen molar-refractivity contribution in [1.29, 1.82) is 0 Å². The zero-order valence-corrected chi connectivity index (χ0v) is 10.2. The highest BCUT2D eigenvalue weighted by molar-refractivity contribution is 5.44. The Kier molecular flexibility index (Phi) is 3.12. The average Bonchev–Trinajstić information content (AvgIpc) is 3.08. The molecule has 96 valence electrons. The van der Waals surface area contributed by atoms with Crippen LogP contribution in [0.25, 0.3) is 11.7 Å². The highest BCUT2D eigenvalue weighted by Gasteiger charge is 2.22. The van der Waals surface area contributed by atoms with Crippen LogP contribution in [0.1, 0.15) is 24.6 Å². The van der Waals surface area contributed by atoms with Gasteiger partial charge in [-0.2, -0.15) is 4.98 Å². The van der Waals surface area contributed by atoms with Gasteiger partial charge in [0.25, 0.3) is 5.89 Å². The zero-order valence-electron chi connectivity index (χ0n) is 10.2. The number of aromatic nitrogens is 2. The van der Waals surface area contributed by atoms with Crippen LogP contribution < -0.4 is 5.32 Å². The molecule has 1 saturated heterocycles. The van der Waals surface area contributed by atoms with E-state index >= 15 is 0 Å². The molecule has 0 saturated carbocycles. The Balaban J connectivity index is 1.79. The van der Waals surface area contributed by atoms with E-state index < -0.39 is 0 Å². The molecule has 0 amide bonds. The van der Waals surface area contributed by atoms with Gasteiger partial charge in [-0.15, -0.1) is 0 Å². The maximum absolute atomic E-state index is 5.57. The molecule has 3 heterocycles. The van der Waals surface area contributed by atoms with E-state index in [0.717, 1.165) is 18.7 Å². The Hall–Kier alpha value is -1.66. The van der Waals surface area contributed by atoms with Crippen LogP contribution in [0.3, 0.4) is 0 Å². The fraction of sp³-hybridized carbons (Fsp3) is 0.500. The predicted molar refractivity (Wildman–Crippen MR) is 62.9 cm³/mol. The number of aryl methyl sites for hydroxylation is 1. The maximum atomic E-state index is 5.57. The summed E-state index contributed by atoms with van der Waals surface area (Å²) < 4.78 is 16.3. The summed E-state index contributed by atoms with van der Waals surface area (Å²) in [6, 6.07) is 3.76. The Morgan fingerprint density at radius 2 is 2.39 bits per heavy atom. The highest BCUT2D eigenvalue weighted by Crippen LogP contribution is 2.23. The number of hydrogen-bond donors (Lipinski definition) is 1. The molecule has 18 heavy (non-hydrogen) atoms. The fourth-order valence-corrected chi connectivity index (χ4v) is 1.88. The number of nitrogens with one attached hydrogen (secondary N) is 1. The molecule has 1 aliphatic heterocycles. The van der Waals surface area contributed by atoms with Crippen LogP contribution in [0.15, 0.2) is 21.1 Å². The topological polar surface area (TPSA) is 73.3 Å². The molecule has 2 aromatic heterocycles. The standard InChI is InChI=1S/C12H15N3O3/c1-2-8-3-4-9(17-8)12-14-11(15-18-12)10-7-13-5-6-16-10/h3-4,10,13H,2,5-7H2,1H3. The van der Waals surface area contributed by atoms with Crippen LogP contribution in [-0.4, -0.2) is 29.8 Å². The largest absolute Gasteiger partial charge is 0.456 e. The minimum atomic E-state index is -0.142. The van der Waals surface area contributed by atoms with Gasteiger partial charge >= 0.3 is 0 Å². The van der Waals surface area contributed by atoms with Crippen molar-refractivity contribution in [3.8, 4) is 11.7 Å². The van der Waals surface area contributed by atoms with Gasteiger partial charge in [-0.25, -0.2) is 0 Å². The first-order valence-corrected chi connectivity index (χ1v) is 6.12. The van der Waals surface area contributed by atoms with Crippen molar-refractivity contribution in [2.24, 2.45) is 0 Å². The van der Waals surface area contributed by atoms with Gasteiger partial charge in [0, 0.05) is 19.5 Å². The Morgan fingerprint density at radius 3 is 3.11 bits per heavy atom. The van der Waals surface area contributed by atoms with E-state index in [2.05, 4.69) is 15.5 Å². The molecule has 1 N–H and O–H groups in total. The molecular formula is C12H15N3O3. The summed E-state index contributed by atoms with van der Waals surface area (Å²) in [5.74, 6) is 2.47. The third kappa shape index (κ3) is 2.16. The SMILES string of the molecule is CCc1ccc(-c2nc(C3CNCCO3)no2)o1. The Morgan fingerprint density at radius 1 is 1.44 bits per heavy atom. The maximum Gasteiger partial charge on any atom is 0.293 e. The van der Waals surface area contributed by atoms with Gasteiger partial charge in [0.2, 0.25) is 5.82 Å². The summed E-state index contributed by atoms with van der Waals surface area (Å²) >= 11 is 0. The van der Waals surface area contributed by atoms with Crippen molar-refractivity contribution in [1.82, 2.24) is 15.5 Å². The molecule has 0 radical (unpaired) electrons. The first kappa shape index (κ1) is 11.4. The van der Waals surface area contributed by atoms with E-state index in [1.165, 1.54) is 0 Å². The first-order valence-electron chi connectivity index (χ1n) is 6.12. The van der Waals surface area contributed by atoms with E-state index in [0.29, 0.717) is 30.6 Å². The second kappa shape index (κ2) is 4.91. The van der Waals surface area contributed by atoms with Gasteiger partial charge in [-0.05, 0) is 12.1 Å². The molecule has 0 aromatic carbocycles. The number of rotatable bonds is 3. The van der Waals surface area contributed by atoms with E-state index in [-0.39, 0.29) is 6.10 Å². The molecular weight excluding hydrogens is 234 g/mol. The van der Waals surface area contributed by atoms with E-state index in [1.54, 1.807) is 0 Å².